The Kier molecular flexibility index (Phi) is 7.29. The Hall–Kier alpha value is -3.32. The molecule has 33 heavy (non-hydrogen) atoms. The summed E-state index contributed by atoms with van der Waals surface area (Å²) in [6.45, 7) is 2.75. The molecule has 0 amide bonds. The lowest BCUT2D eigenvalue weighted by Crippen LogP contribution is -2.29. The van der Waals surface area contributed by atoms with Crippen LogP contribution in [0.2, 0.25) is 0 Å². The molecular weight excluding hydrogens is 418 g/mol. The van der Waals surface area contributed by atoms with Crippen LogP contribution in [0, 0.1) is 18.8 Å². The molecule has 0 unspecified atom stereocenters. The van der Waals surface area contributed by atoms with Gasteiger partial charge in [-0.2, -0.15) is 5.10 Å². The van der Waals surface area contributed by atoms with Gasteiger partial charge in [-0.3, -0.25) is 9.78 Å². The zero-order valence-electron chi connectivity index (χ0n) is 18.8. The second-order valence-corrected chi connectivity index (χ2v) is 8.78. The van der Waals surface area contributed by atoms with E-state index in [1.165, 1.54) is 0 Å². The lowest BCUT2D eigenvalue weighted by molar-refractivity contribution is -0.142. The van der Waals surface area contributed by atoms with E-state index in [-0.39, 0.29) is 12.2 Å². The van der Waals surface area contributed by atoms with E-state index in [0.717, 1.165) is 53.8 Å². The van der Waals surface area contributed by atoms with Crippen molar-refractivity contribution >= 4 is 5.97 Å². The second-order valence-electron chi connectivity index (χ2n) is 8.78. The van der Waals surface area contributed by atoms with Gasteiger partial charge in [-0.15, -0.1) is 0 Å². The van der Waals surface area contributed by atoms with Crippen LogP contribution in [0.5, 0.6) is 0 Å². The van der Waals surface area contributed by atoms with Crippen molar-refractivity contribution in [3.63, 3.8) is 0 Å². The van der Waals surface area contributed by atoms with Gasteiger partial charge in [-0.05, 0) is 62.1 Å². The first-order valence-electron chi connectivity index (χ1n) is 11.4. The third kappa shape index (κ3) is 5.93. The van der Waals surface area contributed by atoms with E-state index < -0.39 is 5.97 Å². The van der Waals surface area contributed by atoms with Crippen molar-refractivity contribution < 1.29 is 14.6 Å². The zero-order chi connectivity index (χ0) is 23.2. The number of benzene rings is 1. The highest BCUT2D eigenvalue weighted by Gasteiger charge is 2.23. The van der Waals surface area contributed by atoms with Gasteiger partial charge >= 0.3 is 5.97 Å². The van der Waals surface area contributed by atoms with E-state index in [1.807, 2.05) is 49.4 Å². The topological polar surface area (TPSA) is 94.3 Å². The van der Waals surface area contributed by atoms with Crippen molar-refractivity contribution in [2.45, 2.75) is 39.2 Å². The maximum Gasteiger partial charge on any atom is 0.329 e. The first-order valence-corrected chi connectivity index (χ1v) is 11.4. The number of carbonyl (C=O) groups is 1. The van der Waals surface area contributed by atoms with Crippen LogP contribution in [0.1, 0.15) is 31.4 Å². The number of aromatic nitrogens is 3. The molecule has 3 aromatic rings. The fourth-order valence-electron chi connectivity index (χ4n) is 4.42. The van der Waals surface area contributed by atoms with Crippen LogP contribution in [0.25, 0.3) is 22.4 Å². The minimum atomic E-state index is -0.937. The molecule has 0 atom stereocenters. The van der Waals surface area contributed by atoms with E-state index in [0.29, 0.717) is 25.0 Å². The van der Waals surface area contributed by atoms with E-state index >= 15 is 0 Å². The van der Waals surface area contributed by atoms with E-state index in [1.54, 1.807) is 16.9 Å². The van der Waals surface area contributed by atoms with Crippen LogP contribution >= 0.6 is 0 Å². The third-order valence-corrected chi connectivity index (χ3v) is 6.24. The summed E-state index contributed by atoms with van der Waals surface area (Å²) < 4.78 is 6.85. The Bertz CT molecular complexity index is 1130. The Morgan fingerprint density at radius 3 is 2.45 bits per heavy atom. The maximum absolute atomic E-state index is 13.0. The molecule has 2 heterocycles. The molecule has 1 N–H and O–H groups in total. The minimum absolute atomic E-state index is 0.107. The predicted molar refractivity (Wildman–Crippen MR) is 126 cm³/mol. The molecule has 0 bridgehead atoms. The van der Waals surface area contributed by atoms with Crippen LogP contribution in [0.3, 0.4) is 0 Å². The van der Waals surface area contributed by atoms with Gasteiger partial charge in [-0.1, -0.05) is 30.3 Å². The van der Waals surface area contributed by atoms with Gasteiger partial charge in [0.1, 0.15) is 12.3 Å². The molecule has 0 saturated heterocycles. The number of nitrogens with zero attached hydrogens (tertiary/aromatic N) is 3. The Morgan fingerprint density at radius 2 is 1.79 bits per heavy atom. The number of aliphatic carboxylic acids is 1. The number of aryl methyl sites for hydroxylation is 1. The Balaban J connectivity index is 1.54. The van der Waals surface area contributed by atoms with E-state index in [2.05, 4.69) is 4.98 Å². The normalized spacial score (nSPS) is 18.2. The number of pyridine rings is 1. The molecule has 1 fully saturated rings. The minimum Gasteiger partial charge on any atom is -0.480 e. The summed E-state index contributed by atoms with van der Waals surface area (Å²) in [5.41, 5.74) is 4.21. The van der Waals surface area contributed by atoms with Crippen molar-refractivity contribution in [1.29, 1.82) is 0 Å². The second kappa shape index (κ2) is 10.5. The fraction of sp³-hybridized carbons (Fsp3) is 0.385. The van der Waals surface area contributed by atoms with Crippen molar-refractivity contribution in [2.75, 3.05) is 13.2 Å². The van der Waals surface area contributed by atoms with Gasteiger partial charge in [-0.25, -0.2) is 9.48 Å². The molecule has 0 aliphatic heterocycles. The zero-order valence-corrected chi connectivity index (χ0v) is 18.8. The first-order chi connectivity index (χ1) is 16.0. The van der Waals surface area contributed by atoms with Gasteiger partial charge in [0.15, 0.2) is 0 Å². The summed E-state index contributed by atoms with van der Waals surface area (Å²) in [5, 5.41) is 13.5. The summed E-state index contributed by atoms with van der Waals surface area (Å²) in [5.74, 6) is -0.204. The largest absolute Gasteiger partial charge is 0.480 e. The number of ether oxygens (including phenoxy) is 1. The fourth-order valence-corrected chi connectivity index (χ4v) is 4.42. The van der Waals surface area contributed by atoms with Crippen molar-refractivity contribution in [3.05, 3.63) is 70.8 Å². The van der Waals surface area contributed by atoms with Crippen LogP contribution in [-0.4, -0.2) is 39.1 Å². The summed E-state index contributed by atoms with van der Waals surface area (Å²) in [6.07, 6.45) is 5.68. The molecule has 1 aromatic carbocycles. The molecule has 4 rings (SSSR count). The van der Waals surface area contributed by atoms with Gasteiger partial charge in [0.25, 0.3) is 5.56 Å². The lowest BCUT2D eigenvalue weighted by atomic mass is 9.82. The molecule has 0 spiro atoms. The third-order valence-electron chi connectivity index (χ3n) is 6.24. The summed E-state index contributed by atoms with van der Waals surface area (Å²) in [7, 11) is 0. The van der Waals surface area contributed by atoms with Gasteiger partial charge < -0.3 is 9.84 Å². The molecular formula is C26H29N3O4. The van der Waals surface area contributed by atoms with Crippen LogP contribution < -0.4 is 5.56 Å². The highest BCUT2D eigenvalue weighted by atomic mass is 16.5. The number of carboxylic acid groups (broad SMARTS) is 1. The molecule has 172 valence electrons. The average Bonchev–Trinajstić information content (AvgIpc) is 2.82. The van der Waals surface area contributed by atoms with Crippen molar-refractivity contribution in [3.8, 4) is 22.4 Å². The molecule has 0 radical (unpaired) electrons. The van der Waals surface area contributed by atoms with Gasteiger partial charge in [0, 0.05) is 35.6 Å². The van der Waals surface area contributed by atoms with Crippen LogP contribution in [-0.2, 0) is 16.1 Å². The highest BCUT2D eigenvalue weighted by Crippen LogP contribution is 2.31. The number of hydrogen-bond acceptors (Lipinski definition) is 5. The maximum atomic E-state index is 13.0. The molecule has 2 aromatic heterocycles. The SMILES string of the molecule is Cc1ccc(-c2nn(C[C@H]3CC[C@H](COCC(=O)O)CC3)c(=O)cc2-c2ccccc2)cn1. The molecule has 7 heteroatoms. The number of rotatable bonds is 8. The highest BCUT2D eigenvalue weighted by molar-refractivity contribution is 5.79. The first kappa shape index (κ1) is 22.9. The molecule has 1 aliphatic rings. The predicted octanol–water partition coefficient (Wildman–Crippen LogP) is 4.19. The van der Waals surface area contributed by atoms with Crippen molar-refractivity contribution in [2.24, 2.45) is 11.8 Å². The lowest BCUT2D eigenvalue weighted by Gasteiger charge is -2.28. The molecule has 1 saturated carbocycles. The smallest absolute Gasteiger partial charge is 0.329 e. The monoisotopic (exact) mass is 447 g/mol. The van der Waals surface area contributed by atoms with E-state index in [4.69, 9.17) is 14.9 Å². The Labute approximate surface area is 193 Å². The Morgan fingerprint density at radius 1 is 1.06 bits per heavy atom. The van der Waals surface area contributed by atoms with Crippen molar-refractivity contribution in [1.82, 2.24) is 14.8 Å². The van der Waals surface area contributed by atoms with Gasteiger partial charge in [0.05, 0.1) is 6.61 Å². The quantitative estimate of drug-likeness (QED) is 0.556. The molecule has 7 nitrogen and oxygen atoms in total. The number of carboxylic acids is 1. The van der Waals surface area contributed by atoms with E-state index in [9.17, 15) is 9.59 Å². The average molecular weight is 448 g/mol. The van der Waals surface area contributed by atoms with Gasteiger partial charge in [0.2, 0.25) is 0 Å². The molecule has 1 aliphatic carbocycles. The van der Waals surface area contributed by atoms with Crippen LogP contribution in [0.15, 0.2) is 59.5 Å². The van der Waals surface area contributed by atoms with Crippen LogP contribution in [0.4, 0.5) is 0 Å². The summed E-state index contributed by atoms with van der Waals surface area (Å²) in [4.78, 5) is 28.1. The summed E-state index contributed by atoms with van der Waals surface area (Å²) >= 11 is 0. The number of hydrogen-bond donors (Lipinski definition) is 1. The standard InChI is InChI=1S/C26H29N3O4/c1-18-7-12-22(14-27-18)26-23(21-5-3-2-4-6-21)13-24(30)29(28-26)15-19-8-10-20(11-9-19)16-33-17-25(31)32/h2-7,12-14,19-20H,8-11,15-17H2,1H3,(H,31,32)/t19-,20-. The summed E-state index contributed by atoms with van der Waals surface area (Å²) in [6, 6.07) is 15.5.